The lowest BCUT2D eigenvalue weighted by Crippen LogP contribution is -2.42. The Kier molecular flexibility index (Phi) is 5.84. The first-order valence-corrected chi connectivity index (χ1v) is 12.1. The van der Waals surface area contributed by atoms with Crippen molar-refractivity contribution in [1.29, 1.82) is 0 Å². The van der Waals surface area contributed by atoms with Gasteiger partial charge >= 0.3 is 0 Å². The van der Waals surface area contributed by atoms with E-state index >= 15 is 0 Å². The molecule has 172 valence electrons. The molecule has 9 nitrogen and oxygen atoms in total. The molecular weight excluding hydrogens is 440 g/mol. The van der Waals surface area contributed by atoms with Crippen LogP contribution in [0.3, 0.4) is 0 Å². The largest absolute Gasteiger partial charge is 0.359 e. The SMILES string of the molecule is CNC(=O)C1CCCN(c2nc3ncn(CC(=O)Nc4ccc5c(c4)CCC5)c(=O)c3s2)C1. The summed E-state index contributed by atoms with van der Waals surface area (Å²) in [7, 11) is 1.64. The number of hydrogen-bond donors (Lipinski definition) is 2. The van der Waals surface area contributed by atoms with Crippen LogP contribution in [-0.2, 0) is 29.0 Å². The second kappa shape index (κ2) is 8.93. The molecular formula is C23H26N6O3S. The molecule has 1 aliphatic heterocycles. The van der Waals surface area contributed by atoms with Gasteiger partial charge in [0.2, 0.25) is 11.8 Å². The predicted molar refractivity (Wildman–Crippen MR) is 128 cm³/mol. The first-order valence-electron chi connectivity index (χ1n) is 11.3. The molecule has 1 aromatic carbocycles. The highest BCUT2D eigenvalue weighted by Gasteiger charge is 2.27. The van der Waals surface area contributed by atoms with E-state index in [2.05, 4.69) is 26.7 Å². The molecule has 0 bridgehead atoms. The number of nitrogens with one attached hydrogen (secondary N) is 2. The molecule has 1 unspecified atom stereocenters. The second-order valence-corrected chi connectivity index (χ2v) is 9.59. The normalized spacial score (nSPS) is 17.7. The van der Waals surface area contributed by atoms with E-state index in [1.807, 2.05) is 17.0 Å². The van der Waals surface area contributed by atoms with Gasteiger partial charge in [0.1, 0.15) is 17.6 Å². The Morgan fingerprint density at radius 3 is 2.91 bits per heavy atom. The van der Waals surface area contributed by atoms with Crippen LogP contribution in [0.4, 0.5) is 10.8 Å². The van der Waals surface area contributed by atoms with Gasteiger partial charge in [0.25, 0.3) is 5.56 Å². The van der Waals surface area contributed by atoms with Crippen molar-refractivity contribution in [3.63, 3.8) is 0 Å². The fourth-order valence-electron chi connectivity index (χ4n) is 4.66. The van der Waals surface area contributed by atoms with E-state index in [-0.39, 0.29) is 29.8 Å². The maximum absolute atomic E-state index is 13.0. The lowest BCUT2D eigenvalue weighted by molar-refractivity contribution is -0.124. The highest BCUT2D eigenvalue weighted by atomic mass is 32.1. The van der Waals surface area contributed by atoms with Crippen molar-refractivity contribution in [3.8, 4) is 0 Å². The van der Waals surface area contributed by atoms with E-state index in [0.29, 0.717) is 22.0 Å². The summed E-state index contributed by atoms with van der Waals surface area (Å²) < 4.78 is 1.73. The zero-order valence-electron chi connectivity index (χ0n) is 18.5. The smallest absolute Gasteiger partial charge is 0.273 e. The highest BCUT2D eigenvalue weighted by Crippen LogP contribution is 2.29. The van der Waals surface area contributed by atoms with Crippen LogP contribution in [0.2, 0.25) is 0 Å². The number of benzene rings is 1. The minimum absolute atomic E-state index is 0.0238. The molecule has 1 fully saturated rings. The summed E-state index contributed by atoms with van der Waals surface area (Å²) in [5, 5.41) is 6.28. The van der Waals surface area contributed by atoms with E-state index in [4.69, 9.17) is 0 Å². The van der Waals surface area contributed by atoms with Crippen molar-refractivity contribution in [1.82, 2.24) is 19.9 Å². The van der Waals surface area contributed by atoms with E-state index in [1.165, 1.54) is 33.4 Å². The Morgan fingerprint density at radius 1 is 1.21 bits per heavy atom. The monoisotopic (exact) mass is 466 g/mol. The highest BCUT2D eigenvalue weighted by molar-refractivity contribution is 7.22. The number of carbonyl (C=O) groups is 2. The van der Waals surface area contributed by atoms with Crippen molar-refractivity contribution in [2.45, 2.75) is 38.6 Å². The molecule has 3 heterocycles. The molecule has 2 amide bonds. The minimum atomic E-state index is -0.285. The molecule has 0 saturated carbocycles. The van der Waals surface area contributed by atoms with Crippen molar-refractivity contribution < 1.29 is 9.59 Å². The van der Waals surface area contributed by atoms with Gasteiger partial charge in [0.15, 0.2) is 10.8 Å². The number of carbonyl (C=O) groups excluding carboxylic acids is 2. The summed E-state index contributed by atoms with van der Waals surface area (Å²) in [6, 6.07) is 5.99. The Morgan fingerprint density at radius 2 is 2.06 bits per heavy atom. The Labute approximate surface area is 194 Å². The number of nitrogens with zero attached hydrogens (tertiary/aromatic N) is 4. The Bertz CT molecular complexity index is 1280. The van der Waals surface area contributed by atoms with Crippen molar-refractivity contribution in [2.24, 2.45) is 5.92 Å². The lowest BCUT2D eigenvalue weighted by Gasteiger charge is -2.31. The predicted octanol–water partition coefficient (Wildman–Crippen LogP) is 1.94. The molecule has 3 aromatic rings. The van der Waals surface area contributed by atoms with Crippen molar-refractivity contribution >= 4 is 44.3 Å². The standard InChI is InChI=1S/C23H26N6O3S/c1-24-21(31)16-6-3-9-28(11-16)23-27-20-19(33-23)22(32)29(13-25-20)12-18(30)26-17-8-7-14-4-2-5-15(14)10-17/h7-8,10,13,16H,2-6,9,11-12H2,1H3,(H,24,31)(H,26,30). The van der Waals surface area contributed by atoms with Gasteiger partial charge in [-0.2, -0.15) is 4.98 Å². The summed E-state index contributed by atoms with van der Waals surface area (Å²) in [6.07, 6.45) is 6.37. The number of piperidine rings is 1. The van der Waals surface area contributed by atoms with Gasteiger partial charge in [-0.05, 0) is 55.4 Å². The van der Waals surface area contributed by atoms with Crippen LogP contribution < -0.4 is 21.1 Å². The number of anilines is 2. The maximum atomic E-state index is 13.0. The Balaban J connectivity index is 1.31. The van der Waals surface area contributed by atoms with Crippen molar-refractivity contribution in [3.05, 3.63) is 46.0 Å². The Hall–Kier alpha value is -3.27. The molecule has 1 atom stereocenters. The number of thiazole rings is 1. The molecule has 10 heteroatoms. The minimum Gasteiger partial charge on any atom is -0.359 e. The van der Waals surface area contributed by atoms with Gasteiger partial charge in [-0.1, -0.05) is 17.4 Å². The van der Waals surface area contributed by atoms with E-state index < -0.39 is 0 Å². The molecule has 33 heavy (non-hydrogen) atoms. The van der Waals surface area contributed by atoms with E-state index in [1.54, 1.807) is 7.05 Å². The number of hydrogen-bond acceptors (Lipinski definition) is 7. The van der Waals surface area contributed by atoms with Crippen LogP contribution in [0.15, 0.2) is 29.3 Å². The van der Waals surface area contributed by atoms with E-state index in [0.717, 1.165) is 44.3 Å². The maximum Gasteiger partial charge on any atom is 0.273 e. The summed E-state index contributed by atoms with van der Waals surface area (Å²) >= 11 is 1.27. The second-order valence-electron chi connectivity index (χ2n) is 8.61. The van der Waals surface area contributed by atoms with Crippen molar-refractivity contribution in [2.75, 3.05) is 30.4 Å². The molecule has 2 aliphatic rings. The van der Waals surface area contributed by atoms with Gasteiger partial charge in [-0.25, -0.2) is 4.98 Å². The summed E-state index contributed by atoms with van der Waals surface area (Å²) in [5.41, 5.74) is 3.46. The summed E-state index contributed by atoms with van der Waals surface area (Å²) in [4.78, 5) is 48.5. The third kappa shape index (κ3) is 4.35. The van der Waals surface area contributed by atoms with Gasteiger partial charge in [-0.15, -0.1) is 0 Å². The van der Waals surface area contributed by atoms with Gasteiger partial charge in [0, 0.05) is 25.8 Å². The third-order valence-electron chi connectivity index (χ3n) is 6.38. The van der Waals surface area contributed by atoms with E-state index in [9.17, 15) is 14.4 Å². The zero-order valence-corrected chi connectivity index (χ0v) is 19.3. The third-order valence-corrected chi connectivity index (χ3v) is 7.47. The molecule has 1 saturated heterocycles. The topological polar surface area (TPSA) is 109 Å². The fourth-order valence-corrected chi connectivity index (χ4v) is 5.66. The summed E-state index contributed by atoms with van der Waals surface area (Å²) in [5.74, 6) is -0.343. The van der Waals surface area contributed by atoms with Crippen LogP contribution in [0.1, 0.15) is 30.4 Å². The van der Waals surface area contributed by atoms with Crippen LogP contribution >= 0.6 is 11.3 Å². The fraction of sp³-hybridized carbons (Fsp3) is 0.435. The average molecular weight is 467 g/mol. The first kappa shape index (κ1) is 21.6. The number of amides is 2. The average Bonchev–Trinajstić information content (AvgIpc) is 3.47. The number of rotatable bonds is 5. The number of aryl methyl sites for hydroxylation is 2. The molecule has 5 rings (SSSR count). The van der Waals surface area contributed by atoms with Crippen LogP contribution in [0.25, 0.3) is 10.3 Å². The van der Waals surface area contributed by atoms with Crippen LogP contribution in [0, 0.1) is 5.92 Å². The molecule has 1 aliphatic carbocycles. The molecule has 0 spiro atoms. The number of fused-ring (bicyclic) bond motifs is 2. The van der Waals surface area contributed by atoms with Gasteiger partial charge in [0.05, 0.1) is 5.92 Å². The molecule has 2 aromatic heterocycles. The van der Waals surface area contributed by atoms with Gasteiger partial charge in [-0.3, -0.25) is 19.0 Å². The summed E-state index contributed by atoms with van der Waals surface area (Å²) in [6.45, 7) is 1.23. The van der Waals surface area contributed by atoms with Gasteiger partial charge < -0.3 is 15.5 Å². The first-order chi connectivity index (χ1) is 16.0. The molecule has 0 radical (unpaired) electrons. The van der Waals surface area contributed by atoms with Crippen LogP contribution in [0.5, 0.6) is 0 Å². The quantitative estimate of drug-likeness (QED) is 0.595. The lowest BCUT2D eigenvalue weighted by atomic mass is 9.98. The number of aromatic nitrogens is 3. The van der Waals surface area contributed by atoms with Crippen LogP contribution in [-0.4, -0.2) is 46.5 Å². The zero-order chi connectivity index (χ0) is 22.9. The molecule has 2 N–H and O–H groups in total.